The highest BCUT2D eigenvalue weighted by atomic mass is 32.1. The summed E-state index contributed by atoms with van der Waals surface area (Å²) >= 11 is 5.58. The lowest BCUT2D eigenvalue weighted by molar-refractivity contribution is 0.297. The fraction of sp³-hybridized carbons (Fsp3) is 0.333. The molecule has 2 aromatic rings. The second-order valence-electron chi connectivity index (χ2n) is 6.54. The summed E-state index contributed by atoms with van der Waals surface area (Å²) in [7, 11) is 1.65. The Hall–Kier alpha value is -2.60. The molecule has 1 N–H and O–H groups in total. The average Bonchev–Trinajstić information content (AvgIpc) is 2.91. The van der Waals surface area contributed by atoms with Crippen LogP contribution in [0.1, 0.15) is 24.0 Å². The first-order valence-electron chi connectivity index (χ1n) is 9.13. The van der Waals surface area contributed by atoms with Gasteiger partial charge in [-0.2, -0.15) is 0 Å². The quantitative estimate of drug-likeness (QED) is 0.809. The van der Waals surface area contributed by atoms with E-state index in [9.17, 15) is 0 Å². The molecule has 0 aliphatic carbocycles. The molecule has 27 heavy (non-hydrogen) atoms. The third-order valence-corrected chi connectivity index (χ3v) is 4.90. The molecule has 2 aromatic carbocycles. The SMILES string of the molecule is COc1cccc(NC(=S)CC2=NCCc3cc4c(cc32)OCCCO4)c1. The Morgan fingerprint density at radius 2 is 2.00 bits per heavy atom. The molecule has 2 heterocycles. The highest BCUT2D eigenvalue weighted by molar-refractivity contribution is 7.80. The van der Waals surface area contributed by atoms with Crippen molar-refractivity contribution in [3.8, 4) is 17.2 Å². The molecule has 0 saturated carbocycles. The lowest BCUT2D eigenvalue weighted by Crippen LogP contribution is -2.20. The van der Waals surface area contributed by atoms with Crippen molar-refractivity contribution in [1.29, 1.82) is 0 Å². The van der Waals surface area contributed by atoms with E-state index in [1.54, 1.807) is 7.11 Å². The number of anilines is 1. The van der Waals surface area contributed by atoms with Crippen LogP contribution in [0.15, 0.2) is 41.4 Å². The molecule has 140 valence electrons. The average molecular weight is 382 g/mol. The van der Waals surface area contributed by atoms with E-state index in [4.69, 9.17) is 31.4 Å². The molecule has 0 fully saturated rings. The number of fused-ring (bicyclic) bond motifs is 2. The van der Waals surface area contributed by atoms with Crippen LogP contribution in [0.3, 0.4) is 0 Å². The predicted molar refractivity (Wildman–Crippen MR) is 111 cm³/mol. The van der Waals surface area contributed by atoms with Gasteiger partial charge < -0.3 is 19.5 Å². The first kappa shape index (κ1) is 17.8. The number of rotatable bonds is 4. The topological polar surface area (TPSA) is 52.1 Å². The zero-order valence-corrected chi connectivity index (χ0v) is 16.1. The molecular weight excluding hydrogens is 360 g/mol. The van der Waals surface area contributed by atoms with E-state index >= 15 is 0 Å². The first-order chi connectivity index (χ1) is 13.2. The second-order valence-corrected chi connectivity index (χ2v) is 7.03. The van der Waals surface area contributed by atoms with Crippen molar-refractivity contribution in [2.45, 2.75) is 19.3 Å². The smallest absolute Gasteiger partial charge is 0.161 e. The normalized spacial score (nSPS) is 15.2. The van der Waals surface area contributed by atoms with E-state index in [2.05, 4.69) is 17.4 Å². The Balaban J connectivity index is 1.52. The van der Waals surface area contributed by atoms with E-state index in [-0.39, 0.29) is 0 Å². The van der Waals surface area contributed by atoms with Crippen LogP contribution in [0.4, 0.5) is 5.69 Å². The minimum absolute atomic E-state index is 0.583. The Kier molecular flexibility index (Phi) is 5.25. The van der Waals surface area contributed by atoms with Crippen LogP contribution in [0.25, 0.3) is 0 Å². The molecule has 6 heteroatoms. The minimum Gasteiger partial charge on any atom is -0.497 e. The maximum absolute atomic E-state index is 5.85. The number of hydrogen-bond donors (Lipinski definition) is 1. The third-order valence-electron chi connectivity index (χ3n) is 4.65. The lowest BCUT2D eigenvalue weighted by atomic mass is 9.95. The number of nitrogens with one attached hydrogen (secondary N) is 1. The number of nitrogens with zero attached hydrogens (tertiary/aromatic N) is 1. The van der Waals surface area contributed by atoms with E-state index in [1.807, 2.05) is 24.3 Å². The van der Waals surface area contributed by atoms with Crippen molar-refractivity contribution in [2.75, 3.05) is 32.2 Å². The molecule has 0 atom stereocenters. The van der Waals surface area contributed by atoms with Gasteiger partial charge in [-0.1, -0.05) is 18.3 Å². The van der Waals surface area contributed by atoms with Crippen LogP contribution in [0.5, 0.6) is 17.2 Å². The maximum atomic E-state index is 5.85. The van der Waals surface area contributed by atoms with Gasteiger partial charge in [0.2, 0.25) is 0 Å². The largest absolute Gasteiger partial charge is 0.497 e. The summed E-state index contributed by atoms with van der Waals surface area (Å²) in [6.45, 7) is 2.14. The monoisotopic (exact) mass is 382 g/mol. The van der Waals surface area contributed by atoms with E-state index < -0.39 is 0 Å². The van der Waals surface area contributed by atoms with Gasteiger partial charge in [0.25, 0.3) is 0 Å². The summed E-state index contributed by atoms with van der Waals surface area (Å²) in [4.78, 5) is 5.45. The molecule has 0 bridgehead atoms. The lowest BCUT2D eigenvalue weighted by Gasteiger charge is -2.20. The molecule has 0 radical (unpaired) electrons. The van der Waals surface area contributed by atoms with Crippen LogP contribution >= 0.6 is 12.2 Å². The van der Waals surface area contributed by atoms with Crippen molar-refractivity contribution in [1.82, 2.24) is 0 Å². The van der Waals surface area contributed by atoms with Gasteiger partial charge in [0.1, 0.15) is 5.75 Å². The molecule has 0 spiro atoms. The number of benzene rings is 2. The Labute approximate surface area is 164 Å². The summed E-state index contributed by atoms with van der Waals surface area (Å²) in [6, 6.07) is 11.9. The summed E-state index contributed by atoms with van der Waals surface area (Å²) in [5.41, 5.74) is 4.26. The molecule has 0 unspecified atom stereocenters. The zero-order valence-electron chi connectivity index (χ0n) is 15.3. The molecule has 2 aliphatic heterocycles. The summed E-state index contributed by atoms with van der Waals surface area (Å²) < 4.78 is 16.9. The third kappa shape index (κ3) is 4.06. The fourth-order valence-corrected chi connectivity index (χ4v) is 3.59. The summed E-state index contributed by atoms with van der Waals surface area (Å²) in [5.74, 6) is 2.43. The van der Waals surface area contributed by atoms with Crippen molar-refractivity contribution in [3.63, 3.8) is 0 Å². The molecule has 2 aliphatic rings. The molecular formula is C21H22N2O3S. The Bertz CT molecular complexity index is 895. The second kappa shape index (κ2) is 7.96. The van der Waals surface area contributed by atoms with Crippen LogP contribution in [-0.4, -0.2) is 37.6 Å². The van der Waals surface area contributed by atoms with Crippen molar-refractivity contribution >= 4 is 28.6 Å². The number of thiocarbonyl (C=S) groups is 1. The zero-order chi connectivity index (χ0) is 18.6. The Morgan fingerprint density at radius 3 is 2.81 bits per heavy atom. The van der Waals surface area contributed by atoms with Gasteiger partial charge in [-0.15, -0.1) is 0 Å². The van der Waals surface area contributed by atoms with Gasteiger partial charge in [0.15, 0.2) is 11.5 Å². The first-order valence-corrected chi connectivity index (χ1v) is 9.54. The number of methoxy groups -OCH3 is 1. The van der Waals surface area contributed by atoms with E-state index in [0.717, 1.165) is 58.6 Å². The highest BCUT2D eigenvalue weighted by Gasteiger charge is 2.21. The van der Waals surface area contributed by atoms with Crippen molar-refractivity contribution in [3.05, 3.63) is 47.5 Å². The van der Waals surface area contributed by atoms with Crippen LogP contribution in [-0.2, 0) is 6.42 Å². The number of aliphatic imine (C=N–C) groups is 1. The highest BCUT2D eigenvalue weighted by Crippen LogP contribution is 2.35. The summed E-state index contributed by atoms with van der Waals surface area (Å²) in [6.07, 6.45) is 2.39. The predicted octanol–water partition coefficient (Wildman–Crippen LogP) is 4.03. The van der Waals surface area contributed by atoms with E-state index in [1.165, 1.54) is 5.56 Å². The van der Waals surface area contributed by atoms with Crippen molar-refractivity contribution in [2.24, 2.45) is 4.99 Å². The van der Waals surface area contributed by atoms with Gasteiger partial charge in [-0.05, 0) is 36.2 Å². The molecule has 0 saturated heterocycles. The molecule has 0 amide bonds. The standard InChI is InChI=1S/C21H22N2O3S/c1-24-16-5-2-4-15(11-16)23-21(27)13-18-17-12-20-19(25-8-3-9-26-20)10-14(17)6-7-22-18/h2,4-5,10-12H,3,6-9,13H2,1H3,(H,23,27). The van der Waals surface area contributed by atoms with Crippen LogP contribution in [0, 0.1) is 0 Å². The van der Waals surface area contributed by atoms with Crippen LogP contribution < -0.4 is 19.5 Å². The van der Waals surface area contributed by atoms with Crippen LogP contribution in [0.2, 0.25) is 0 Å². The van der Waals surface area contributed by atoms with Gasteiger partial charge in [-0.3, -0.25) is 4.99 Å². The number of ether oxygens (including phenoxy) is 3. The number of hydrogen-bond acceptors (Lipinski definition) is 5. The van der Waals surface area contributed by atoms with Gasteiger partial charge in [-0.25, -0.2) is 0 Å². The van der Waals surface area contributed by atoms with Gasteiger partial charge in [0, 0.05) is 42.4 Å². The molecule has 0 aromatic heterocycles. The van der Waals surface area contributed by atoms with Gasteiger partial charge in [0.05, 0.1) is 25.3 Å². The van der Waals surface area contributed by atoms with E-state index in [0.29, 0.717) is 19.6 Å². The van der Waals surface area contributed by atoms with Gasteiger partial charge >= 0.3 is 0 Å². The molecule has 5 nitrogen and oxygen atoms in total. The van der Waals surface area contributed by atoms with Crippen molar-refractivity contribution < 1.29 is 14.2 Å². The molecule has 4 rings (SSSR count). The Morgan fingerprint density at radius 1 is 1.19 bits per heavy atom. The fourth-order valence-electron chi connectivity index (χ4n) is 3.33. The minimum atomic E-state index is 0.583. The maximum Gasteiger partial charge on any atom is 0.161 e. The summed E-state index contributed by atoms with van der Waals surface area (Å²) in [5, 5.41) is 3.28.